The molecule has 21 heavy (non-hydrogen) atoms. The van der Waals surface area contributed by atoms with Gasteiger partial charge in [0.2, 0.25) is 0 Å². The summed E-state index contributed by atoms with van der Waals surface area (Å²) in [6.07, 6.45) is 0.990. The topological polar surface area (TPSA) is 91.7 Å². The number of hydrogen-bond donors (Lipinski definition) is 3. The number of hydrogen-bond acceptors (Lipinski definition) is 4. The lowest BCUT2D eigenvalue weighted by Crippen LogP contribution is -2.29. The monoisotopic (exact) mass is 301 g/mol. The molecule has 5 nitrogen and oxygen atoms in total. The summed E-state index contributed by atoms with van der Waals surface area (Å²) in [4.78, 5) is 30.2. The number of aryl methyl sites for hydroxylation is 1. The first-order valence-electron chi connectivity index (χ1n) is 6.69. The number of fused-ring (bicyclic) bond motifs is 1. The molecule has 0 saturated carbocycles. The summed E-state index contributed by atoms with van der Waals surface area (Å²) in [5, 5.41) is 0. The molecular weight excluding hydrogens is 286 g/mol. The second kappa shape index (κ2) is 5.31. The molecule has 0 bridgehead atoms. The van der Waals surface area contributed by atoms with Gasteiger partial charge in [-0.05, 0) is 36.2 Å². The summed E-state index contributed by atoms with van der Waals surface area (Å²) < 4.78 is 0. The van der Waals surface area contributed by atoms with Crippen LogP contribution in [0.5, 0.6) is 0 Å². The number of nitrogens with one attached hydrogen (secondary N) is 2. The minimum Gasteiger partial charge on any atom is -0.320 e. The van der Waals surface area contributed by atoms with Gasteiger partial charge in [0.1, 0.15) is 0 Å². The van der Waals surface area contributed by atoms with Gasteiger partial charge in [0.05, 0.1) is 17.1 Å². The van der Waals surface area contributed by atoms with Gasteiger partial charge in [0.15, 0.2) is 0 Å². The van der Waals surface area contributed by atoms with E-state index in [0.717, 1.165) is 16.9 Å². The van der Waals surface area contributed by atoms with Gasteiger partial charge >= 0.3 is 11.1 Å². The lowest BCUT2D eigenvalue weighted by molar-refractivity contribution is 0.894. The summed E-state index contributed by atoms with van der Waals surface area (Å²) in [5.74, 6) is 0. The maximum Gasteiger partial charge on any atom is 0.314 e. The molecular formula is C15H15N3O2S. The highest BCUT2D eigenvalue weighted by molar-refractivity contribution is 7.12. The van der Waals surface area contributed by atoms with E-state index in [0.29, 0.717) is 11.0 Å². The average Bonchev–Trinajstić information content (AvgIpc) is 2.96. The fourth-order valence-electron chi connectivity index (χ4n) is 2.24. The molecule has 0 aliphatic heterocycles. The molecule has 2 heterocycles. The Bertz CT molecular complexity index is 907. The van der Waals surface area contributed by atoms with Crippen LogP contribution < -0.4 is 16.9 Å². The molecule has 0 spiro atoms. The predicted octanol–water partition coefficient (Wildman–Crippen LogP) is 1.89. The van der Waals surface area contributed by atoms with Crippen LogP contribution in [0.4, 0.5) is 0 Å². The number of thiophene rings is 1. The van der Waals surface area contributed by atoms with Crippen molar-refractivity contribution in [2.75, 3.05) is 0 Å². The predicted molar refractivity (Wildman–Crippen MR) is 84.9 cm³/mol. The quantitative estimate of drug-likeness (QED) is 0.645. The van der Waals surface area contributed by atoms with Crippen LogP contribution in [0.25, 0.3) is 11.0 Å². The summed E-state index contributed by atoms with van der Waals surface area (Å²) in [6, 6.07) is 9.31. The van der Waals surface area contributed by atoms with Crippen LogP contribution in [0.3, 0.4) is 0 Å². The summed E-state index contributed by atoms with van der Waals surface area (Å²) in [5.41, 5.74) is 7.06. The van der Waals surface area contributed by atoms with Gasteiger partial charge in [-0.1, -0.05) is 13.0 Å². The van der Waals surface area contributed by atoms with Gasteiger partial charge in [-0.2, -0.15) is 0 Å². The van der Waals surface area contributed by atoms with Crippen molar-refractivity contribution in [1.29, 1.82) is 0 Å². The van der Waals surface area contributed by atoms with Crippen molar-refractivity contribution in [3.8, 4) is 0 Å². The molecule has 0 aliphatic carbocycles. The van der Waals surface area contributed by atoms with E-state index in [2.05, 4.69) is 23.0 Å². The zero-order valence-corrected chi connectivity index (χ0v) is 12.3. The van der Waals surface area contributed by atoms with Gasteiger partial charge < -0.3 is 15.7 Å². The molecule has 0 fully saturated rings. The van der Waals surface area contributed by atoms with E-state index in [-0.39, 0.29) is 6.04 Å². The van der Waals surface area contributed by atoms with Crippen LogP contribution in [0.15, 0.2) is 39.9 Å². The fraction of sp³-hybridized carbons (Fsp3) is 0.200. The molecule has 1 unspecified atom stereocenters. The molecule has 1 aromatic carbocycles. The minimum atomic E-state index is -0.655. The molecule has 0 radical (unpaired) electrons. The maximum absolute atomic E-state index is 11.4. The van der Waals surface area contributed by atoms with E-state index in [9.17, 15) is 9.59 Å². The lowest BCUT2D eigenvalue weighted by Gasteiger charge is -2.10. The van der Waals surface area contributed by atoms with E-state index in [1.165, 1.54) is 4.88 Å². The Kier molecular flexibility index (Phi) is 3.48. The van der Waals surface area contributed by atoms with Crippen molar-refractivity contribution in [1.82, 2.24) is 9.97 Å². The molecule has 3 aromatic rings. The first kappa shape index (κ1) is 13.8. The highest BCUT2D eigenvalue weighted by Gasteiger charge is 2.12. The molecule has 4 N–H and O–H groups in total. The SMILES string of the molecule is CCc1ccc(C(N)c2ccc3[nH]c(=O)c(=O)[nH]c3c2)s1. The number of rotatable bonds is 3. The Hall–Kier alpha value is -2.18. The third-order valence-corrected chi connectivity index (χ3v) is 4.76. The van der Waals surface area contributed by atoms with Crippen LogP contribution in [-0.2, 0) is 6.42 Å². The van der Waals surface area contributed by atoms with Crippen molar-refractivity contribution in [3.05, 3.63) is 66.4 Å². The maximum atomic E-state index is 11.4. The van der Waals surface area contributed by atoms with Crippen molar-refractivity contribution < 1.29 is 0 Å². The molecule has 3 rings (SSSR count). The van der Waals surface area contributed by atoms with Crippen molar-refractivity contribution in [3.63, 3.8) is 0 Å². The number of H-pyrrole nitrogens is 2. The number of aromatic amines is 2. The van der Waals surface area contributed by atoms with Crippen LogP contribution in [0, 0.1) is 0 Å². The number of nitrogens with two attached hydrogens (primary N) is 1. The van der Waals surface area contributed by atoms with E-state index >= 15 is 0 Å². The Morgan fingerprint density at radius 3 is 2.48 bits per heavy atom. The Labute approximate surface area is 124 Å². The van der Waals surface area contributed by atoms with E-state index in [1.54, 1.807) is 17.4 Å². The number of benzene rings is 1. The Morgan fingerprint density at radius 2 is 1.81 bits per heavy atom. The third-order valence-electron chi connectivity index (χ3n) is 3.44. The highest BCUT2D eigenvalue weighted by atomic mass is 32.1. The lowest BCUT2D eigenvalue weighted by atomic mass is 10.1. The third kappa shape index (κ3) is 2.55. The minimum absolute atomic E-state index is 0.241. The second-order valence-electron chi connectivity index (χ2n) is 4.85. The standard InChI is InChI=1S/C15H15N3O2S/c1-2-9-4-6-12(21-9)13(16)8-3-5-10-11(7-8)18-15(20)14(19)17-10/h3-7,13H,2,16H2,1H3,(H,17,19)(H,18,20). The molecule has 0 saturated heterocycles. The summed E-state index contributed by atoms with van der Waals surface area (Å²) in [7, 11) is 0. The molecule has 108 valence electrons. The summed E-state index contributed by atoms with van der Waals surface area (Å²) in [6.45, 7) is 2.11. The second-order valence-corrected chi connectivity index (χ2v) is 6.05. The summed E-state index contributed by atoms with van der Waals surface area (Å²) >= 11 is 1.69. The smallest absolute Gasteiger partial charge is 0.314 e. The van der Waals surface area contributed by atoms with E-state index in [1.807, 2.05) is 18.2 Å². The largest absolute Gasteiger partial charge is 0.320 e. The van der Waals surface area contributed by atoms with Gasteiger partial charge in [-0.3, -0.25) is 9.59 Å². The normalized spacial score (nSPS) is 12.7. The van der Waals surface area contributed by atoms with Gasteiger partial charge in [0.25, 0.3) is 0 Å². The zero-order valence-electron chi connectivity index (χ0n) is 11.5. The highest BCUT2D eigenvalue weighted by Crippen LogP contribution is 2.27. The first-order chi connectivity index (χ1) is 10.1. The number of aromatic nitrogens is 2. The Balaban J connectivity index is 2.05. The Morgan fingerprint density at radius 1 is 1.10 bits per heavy atom. The van der Waals surface area contributed by atoms with Gasteiger partial charge in [0, 0.05) is 9.75 Å². The molecule has 2 aromatic heterocycles. The molecule has 0 aliphatic rings. The average molecular weight is 301 g/mol. The van der Waals surface area contributed by atoms with Crippen molar-refractivity contribution >= 4 is 22.4 Å². The van der Waals surface area contributed by atoms with Gasteiger partial charge in [-0.15, -0.1) is 11.3 Å². The van der Waals surface area contributed by atoms with Gasteiger partial charge in [-0.25, -0.2) is 0 Å². The van der Waals surface area contributed by atoms with E-state index in [4.69, 9.17) is 5.73 Å². The van der Waals surface area contributed by atoms with Crippen molar-refractivity contribution in [2.45, 2.75) is 19.4 Å². The van der Waals surface area contributed by atoms with E-state index < -0.39 is 11.1 Å². The molecule has 0 amide bonds. The molecule has 6 heteroatoms. The van der Waals surface area contributed by atoms with Crippen LogP contribution in [0.1, 0.15) is 28.3 Å². The van der Waals surface area contributed by atoms with Crippen LogP contribution in [-0.4, -0.2) is 9.97 Å². The van der Waals surface area contributed by atoms with Crippen LogP contribution >= 0.6 is 11.3 Å². The van der Waals surface area contributed by atoms with Crippen LogP contribution in [0.2, 0.25) is 0 Å². The van der Waals surface area contributed by atoms with Crippen molar-refractivity contribution in [2.24, 2.45) is 5.73 Å². The fourth-order valence-corrected chi connectivity index (χ4v) is 3.22. The zero-order chi connectivity index (χ0) is 15.0. The molecule has 1 atom stereocenters. The first-order valence-corrected chi connectivity index (χ1v) is 7.50.